The van der Waals surface area contributed by atoms with E-state index in [9.17, 15) is 5.11 Å². The average molecular weight is 681 g/mol. The van der Waals surface area contributed by atoms with Gasteiger partial charge in [0.25, 0.3) is 6.33 Å². The van der Waals surface area contributed by atoms with Gasteiger partial charge in [-0.2, -0.15) is 0 Å². The van der Waals surface area contributed by atoms with E-state index >= 15 is 0 Å². The van der Waals surface area contributed by atoms with Gasteiger partial charge in [-0.05, 0) is 81.6 Å². The summed E-state index contributed by atoms with van der Waals surface area (Å²) in [4.78, 5) is 9.89. The van der Waals surface area contributed by atoms with Crippen molar-refractivity contribution in [3.63, 3.8) is 0 Å². The summed E-state index contributed by atoms with van der Waals surface area (Å²) in [5.74, 6) is 1.09. The maximum Gasteiger partial charge on any atom is 0.269 e. The van der Waals surface area contributed by atoms with E-state index < -0.39 is 0 Å². The van der Waals surface area contributed by atoms with Crippen molar-refractivity contribution in [1.82, 2.24) is 23.5 Å². The number of phenols is 1. The molecule has 0 bridgehead atoms. The second-order valence-electron chi connectivity index (χ2n) is 15.6. The molecule has 0 atom stereocenters. The molecule has 0 fully saturated rings. The molecule has 7 heteroatoms. The van der Waals surface area contributed by atoms with Gasteiger partial charge in [0.05, 0.1) is 39.0 Å². The van der Waals surface area contributed by atoms with Gasteiger partial charge in [-0.3, -0.25) is 18.1 Å². The molecule has 9 rings (SSSR count). The van der Waals surface area contributed by atoms with Crippen molar-refractivity contribution in [2.45, 2.75) is 52.4 Å². The molecule has 0 saturated carbocycles. The van der Waals surface area contributed by atoms with E-state index in [2.05, 4.69) is 158 Å². The number of fused-ring (bicyclic) bond motifs is 6. The van der Waals surface area contributed by atoms with Crippen molar-refractivity contribution in [2.24, 2.45) is 0 Å². The maximum absolute atomic E-state index is 11.9. The van der Waals surface area contributed by atoms with Crippen molar-refractivity contribution in [3.05, 3.63) is 145 Å². The Morgan fingerprint density at radius 3 is 2.23 bits per heavy atom. The van der Waals surface area contributed by atoms with Crippen LogP contribution in [0.2, 0.25) is 0 Å². The molecule has 4 heterocycles. The first-order chi connectivity index (χ1) is 25.0. The van der Waals surface area contributed by atoms with Gasteiger partial charge in [0.15, 0.2) is 5.65 Å². The Morgan fingerprint density at radius 2 is 1.42 bits per heavy atom. The van der Waals surface area contributed by atoms with Gasteiger partial charge in [-0.25, -0.2) is 9.97 Å². The van der Waals surface area contributed by atoms with Crippen LogP contribution < -0.4 is 4.57 Å². The minimum absolute atomic E-state index is 0.117. The fourth-order valence-electron chi connectivity index (χ4n) is 7.41. The Bertz CT molecular complexity index is 2840. The van der Waals surface area contributed by atoms with Gasteiger partial charge in [0.1, 0.15) is 11.4 Å². The highest BCUT2D eigenvalue weighted by Gasteiger charge is 2.27. The number of nitrogens with zero attached hydrogens (tertiary/aromatic N) is 6. The quantitative estimate of drug-likeness (QED) is 0.149. The fraction of sp³-hybridized carbons (Fsp3) is 0.178. The fourth-order valence-corrected chi connectivity index (χ4v) is 7.41. The molecular formula is C45H40N6O. The molecule has 9 aromatic rings. The third-order valence-electron chi connectivity index (χ3n) is 10.1. The maximum atomic E-state index is 11.9. The van der Waals surface area contributed by atoms with E-state index in [0.29, 0.717) is 0 Å². The van der Waals surface area contributed by atoms with Gasteiger partial charge in [-0.15, -0.1) is 0 Å². The normalized spacial score (nSPS) is 12.5. The molecule has 1 N–H and O–H groups in total. The third kappa shape index (κ3) is 4.91. The number of aromatic hydroxyl groups is 1. The van der Waals surface area contributed by atoms with Crippen LogP contribution in [0.1, 0.15) is 52.7 Å². The zero-order valence-electron chi connectivity index (χ0n) is 30.3. The van der Waals surface area contributed by atoms with Gasteiger partial charge >= 0.3 is 0 Å². The van der Waals surface area contributed by atoms with Crippen LogP contribution >= 0.6 is 0 Å². The highest BCUT2D eigenvalue weighted by molar-refractivity contribution is 5.90. The number of aromatic nitrogens is 6. The molecule has 52 heavy (non-hydrogen) atoms. The topological polar surface area (TPSA) is 64.2 Å². The highest BCUT2D eigenvalue weighted by Crippen LogP contribution is 2.40. The molecule has 0 unspecified atom stereocenters. The average Bonchev–Trinajstić information content (AvgIpc) is 3.80. The second-order valence-corrected chi connectivity index (χ2v) is 15.6. The lowest BCUT2D eigenvalue weighted by Crippen LogP contribution is -2.30. The van der Waals surface area contributed by atoms with Crippen LogP contribution in [0.25, 0.3) is 67.2 Å². The van der Waals surface area contributed by atoms with E-state index in [0.717, 1.165) is 78.3 Å². The molecule has 0 aliphatic rings. The molecule has 256 valence electrons. The van der Waals surface area contributed by atoms with E-state index in [4.69, 9.17) is 9.97 Å². The van der Waals surface area contributed by atoms with Gasteiger partial charge in [-0.1, -0.05) is 114 Å². The minimum atomic E-state index is -0.258. The number of benzene rings is 5. The van der Waals surface area contributed by atoms with Crippen molar-refractivity contribution < 1.29 is 9.67 Å². The van der Waals surface area contributed by atoms with Crippen LogP contribution in [0.3, 0.4) is 0 Å². The zero-order chi connectivity index (χ0) is 35.9. The summed E-state index contributed by atoms with van der Waals surface area (Å²) in [5.41, 5.74) is 12.2. The summed E-state index contributed by atoms with van der Waals surface area (Å²) >= 11 is 0. The molecule has 0 amide bonds. The first-order valence-electron chi connectivity index (χ1n) is 17.7. The molecule has 0 aliphatic heterocycles. The SMILES string of the molecule is CC(C)(C)c1cc(-n2[c-][n+](-c3ccccc3-c3cccc(-n4c5ncccc5n5c6ccccc6nc45)c3)c3ccccc32)c(O)c(C(C)(C)C)c1. The molecule has 0 saturated heterocycles. The van der Waals surface area contributed by atoms with E-state index in [1.807, 2.05) is 35.0 Å². The Balaban J connectivity index is 1.25. The molecule has 0 aliphatic carbocycles. The largest absolute Gasteiger partial charge is 0.511 e. The van der Waals surface area contributed by atoms with Crippen LogP contribution in [-0.2, 0) is 10.8 Å². The Morgan fingerprint density at radius 1 is 0.692 bits per heavy atom. The summed E-state index contributed by atoms with van der Waals surface area (Å²) in [7, 11) is 0. The van der Waals surface area contributed by atoms with Crippen LogP contribution in [-0.4, -0.2) is 28.6 Å². The number of imidazole rings is 3. The number of para-hydroxylation sites is 5. The first kappa shape index (κ1) is 31.7. The zero-order valence-corrected chi connectivity index (χ0v) is 30.3. The van der Waals surface area contributed by atoms with Gasteiger partial charge in [0, 0.05) is 6.20 Å². The highest BCUT2D eigenvalue weighted by atomic mass is 16.3. The van der Waals surface area contributed by atoms with Crippen LogP contribution in [0.5, 0.6) is 5.75 Å². The van der Waals surface area contributed by atoms with E-state index in [-0.39, 0.29) is 16.6 Å². The Hall–Kier alpha value is -6.21. The smallest absolute Gasteiger partial charge is 0.269 e. The van der Waals surface area contributed by atoms with Crippen LogP contribution in [0.15, 0.2) is 128 Å². The standard InChI is InChI=1S/C45H40N6O/c1-44(2,3)30-26-33(45(4,5)6)41(52)40(27-30)49-28-48(37-21-11-12-22-38(37)49)35-19-9-7-17-32(35)29-15-13-16-31(25-29)50-42-39(23-14-24-46-42)51-36-20-10-8-18-34(36)47-43(50)51/h7-27,52H,1-6H3. The lowest BCUT2D eigenvalue weighted by atomic mass is 9.79. The second kappa shape index (κ2) is 11.4. The summed E-state index contributed by atoms with van der Waals surface area (Å²) in [5, 5.41) is 11.9. The third-order valence-corrected chi connectivity index (χ3v) is 10.1. The van der Waals surface area contributed by atoms with Crippen molar-refractivity contribution in [3.8, 4) is 33.9 Å². The van der Waals surface area contributed by atoms with Gasteiger partial charge in [0.2, 0.25) is 5.78 Å². The Kier molecular flexibility index (Phi) is 6.96. The van der Waals surface area contributed by atoms with Crippen molar-refractivity contribution in [2.75, 3.05) is 0 Å². The summed E-state index contributed by atoms with van der Waals surface area (Å²) < 4.78 is 8.46. The number of hydrogen-bond acceptors (Lipinski definition) is 3. The number of pyridine rings is 1. The van der Waals surface area contributed by atoms with Crippen LogP contribution in [0.4, 0.5) is 0 Å². The number of phenolic OH excluding ortho intramolecular Hbond substituents is 1. The summed E-state index contributed by atoms with van der Waals surface area (Å²) in [6.07, 6.45) is 5.52. The van der Waals surface area contributed by atoms with Crippen LogP contribution in [0, 0.1) is 6.33 Å². The molecular weight excluding hydrogens is 641 g/mol. The molecule has 7 nitrogen and oxygen atoms in total. The molecule has 4 aromatic heterocycles. The number of rotatable bonds is 4. The summed E-state index contributed by atoms with van der Waals surface area (Å²) in [6, 6.07) is 41.9. The predicted molar refractivity (Wildman–Crippen MR) is 209 cm³/mol. The predicted octanol–water partition coefficient (Wildman–Crippen LogP) is 9.81. The molecule has 0 radical (unpaired) electrons. The van der Waals surface area contributed by atoms with Crippen molar-refractivity contribution >= 4 is 39.0 Å². The first-order valence-corrected chi connectivity index (χ1v) is 17.7. The lowest BCUT2D eigenvalue weighted by Gasteiger charge is -2.27. The number of hydrogen-bond donors (Lipinski definition) is 1. The molecule has 0 spiro atoms. The summed E-state index contributed by atoms with van der Waals surface area (Å²) in [6.45, 7) is 13.1. The Labute approximate surface area is 302 Å². The molecule has 5 aromatic carbocycles. The van der Waals surface area contributed by atoms with Crippen molar-refractivity contribution in [1.29, 1.82) is 0 Å². The van der Waals surface area contributed by atoms with E-state index in [1.165, 1.54) is 0 Å². The van der Waals surface area contributed by atoms with Gasteiger partial charge < -0.3 is 5.11 Å². The monoisotopic (exact) mass is 680 g/mol. The van der Waals surface area contributed by atoms with E-state index in [1.54, 1.807) is 0 Å². The lowest BCUT2D eigenvalue weighted by molar-refractivity contribution is -0.571. The minimum Gasteiger partial charge on any atom is -0.511 e.